The molecule has 0 rings (SSSR count). The quantitative estimate of drug-likeness (QED) is 0.430. The smallest absolute Gasteiger partial charge is 0.290 e. The summed E-state index contributed by atoms with van der Waals surface area (Å²) in [5.74, 6) is 0. The Hall–Kier alpha value is -1.04. The molecule has 0 unspecified atom stereocenters. The van der Waals surface area contributed by atoms with Crippen LogP contribution in [0.5, 0.6) is 0 Å². The highest BCUT2D eigenvalue weighted by atomic mass is 16.3. The Kier molecular flexibility index (Phi) is 55.7. The van der Waals surface area contributed by atoms with Crippen LogP contribution >= 0.6 is 0 Å². The first-order valence-corrected chi connectivity index (χ1v) is 1.22. The summed E-state index contributed by atoms with van der Waals surface area (Å²) >= 11 is 0. The maximum Gasteiger partial charge on any atom is 0.290 e. The van der Waals surface area contributed by atoms with Gasteiger partial charge in [-0.05, 0) is 0 Å². The first kappa shape index (κ1) is 8.88. The average Bonchev–Trinajstić information content (AvgIpc) is 1.39. The van der Waals surface area contributed by atoms with E-state index in [4.69, 9.17) is 15.2 Å². The highest BCUT2D eigenvalue weighted by Crippen LogP contribution is 1.21. The van der Waals surface area contributed by atoms with E-state index in [9.17, 15) is 0 Å². The monoisotopic (exact) mass is 87.0 g/mol. The maximum atomic E-state index is 8.36. The molecule has 6 heavy (non-hydrogen) atoms. The third-order valence-corrected chi connectivity index (χ3v) is 0. The van der Waals surface area contributed by atoms with E-state index in [1.807, 2.05) is 0 Å². The van der Waals surface area contributed by atoms with Gasteiger partial charge in [0.05, 0.1) is 6.07 Å². The van der Waals surface area contributed by atoms with Crippen molar-refractivity contribution in [3.63, 3.8) is 0 Å². The number of carboxylic acid groups (broad SMARTS) is 1. The summed E-state index contributed by atoms with van der Waals surface area (Å²) in [7, 11) is 0. The summed E-state index contributed by atoms with van der Waals surface area (Å²) in [6, 6.07) is 1.75. The first-order chi connectivity index (χ1) is 2.83. The molecular weight excluding hydrogens is 82.0 g/mol. The van der Waals surface area contributed by atoms with E-state index in [-0.39, 0.29) is 6.47 Å². The van der Waals surface area contributed by atoms with Gasteiger partial charge < -0.3 is 5.11 Å². The van der Waals surface area contributed by atoms with E-state index in [0.717, 1.165) is 0 Å². The van der Waals surface area contributed by atoms with Gasteiger partial charge in [-0.15, -0.1) is 0 Å². The van der Waals surface area contributed by atoms with Gasteiger partial charge in [-0.25, -0.2) is 0 Å². The van der Waals surface area contributed by atoms with Crippen LogP contribution in [0.4, 0.5) is 0 Å². The van der Waals surface area contributed by atoms with Crippen molar-refractivity contribution >= 4 is 6.47 Å². The minimum atomic E-state index is -0.250. The fourth-order valence-electron chi connectivity index (χ4n) is 0. The molecule has 0 amide bonds. The van der Waals surface area contributed by atoms with Crippen molar-refractivity contribution in [1.82, 2.24) is 0 Å². The van der Waals surface area contributed by atoms with Crippen molar-refractivity contribution in [1.29, 1.82) is 5.26 Å². The van der Waals surface area contributed by atoms with Crippen molar-refractivity contribution in [2.24, 2.45) is 0 Å². The topological polar surface area (TPSA) is 61.1 Å². The molecule has 3 nitrogen and oxygen atoms in total. The van der Waals surface area contributed by atoms with Crippen LogP contribution < -0.4 is 0 Å². The van der Waals surface area contributed by atoms with Gasteiger partial charge in [0.15, 0.2) is 0 Å². The second-order valence-corrected chi connectivity index (χ2v) is 0.329. The molecule has 0 fully saturated rings. The van der Waals surface area contributed by atoms with E-state index >= 15 is 0 Å². The predicted octanol–water partition coefficient (Wildman–Crippen LogP) is 0.231. The number of carbonyl (C=O) groups is 1. The van der Waals surface area contributed by atoms with Gasteiger partial charge in [0.1, 0.15) is 0 Å². The van der Waals surface area contributed by atoms with Crippen molar-refractivity contribution in [3.8, 4) is 6.07 Å². The van der Waals surface area contributed by atoms with Gasteiger partial charge in [-0.1, -0.05) is 0 Å². The molecule has 0 spiro atoms. The van der Waals surface area contributed by atoms with Gasteiger partial charge in [0.25, 0.3) is 6.47 Å². The average molecular weight is 87.1 g/mol. The number of nitrogens with zero attached hydrogens (tertiary/aromatic N) is 1. The van der Waals surface area contributed by atoms with Crippen LogP contribution in [-0.2, 0) is 4.79 Å². The summed E-state index contributed by atoms with van der Waals surface area (Å²) in [5.41, 5.74) is 0. The van der Waals surface area contributed by atoms with Crippen LogP contribution in [0.1, 0.15) is 6.92 Å². The van der Waals surface area contributed by atoms with Gasteiger partial charge in [-0.3, -0.25) is 4.79 Å². The Morgan fingerprint density at radius 1 is 2.00 bits per heavy atom. The highest BCUT2D eigenvalue weighted by Gasteiger charge is 1.22. The number of rotatable bonds is 0. The fraction of sp³-hybridized carbons (Fsp3) is 0.333. The van der Waals surface area contributed by atoms with E-state index in [1.165, 1.54) is 6.92 Å². The van der Waals surface area contributed by atoms with E-state index in [2.05, 4.69) is 0 Å². The Balaban J connectivity index is 0. The van der Waals surface area contributed by atoms with Gasteiger partial charge in [0, 0.05) is 6.92 Å². The molecule has 0 aromatic carbocycles. The van der Waals surface area contributed by atoms with E-state index in [0.29, 0.717) is 0 Å². The largest absolute Gasteiger partial charge is 0.483 e. The normalized spacial score (nSPS) is 3.33. The third kappa shape index (κ3) is 10.5. The van der Waals surface area contributed by atoms with Gasteiger partial charge >= 0.3 is 0 Å². The summed E-state index contributed by atoms with van der Waals surface area (Å²) in [6.45, 7) is 1.18. The van der Waals surface area contributed by atoms with Crippen molar-refractivity contribution in [3.05, 3.63) is 0 Å². The van der Waals surface area contributed by atoms with Crippen molar-refractivity contribution in [2.75, 3.05) is 0 Å². The highest BCUT2D eigenvalue weighted by molar-refractivity contribution is 5.32. The molecule has 0 aromatic rings. The lowest BCUT2D eigenvalue weighted by atomic mass is 11.0. The molecule has 0 heterocycles. The second-order valence-electron chi connectivity index (χ2n) is 0.329. The molecule has 1 N–H and O–H groups in total. The molecule has 0 saturated carbocycles. The standard InChI is InChI=1S/C2H3N.CH2O2/c1-2-3;2-1-3/h1H3;1H,(H,2,3). The molecule has 0 aliphatic rings. The Bertz CT molecular complexity index is 54.3. The van der Waals surface area contributed by atoms with Crippen LogP contribution in [-0.4, -0.2) is 11.6 Å². The Morgan fingerprint density at radius 2 is 2.00 bits per heavy atom. The molecule has 0 aliphatic heterocycles. The first-order valence-electron chi connectivity index (χ1n) is 1.22. The van der Waals surface area contributed by atoms with Crippen LogP contribution in [0.25, 0.3) is 0 Å². The molecule has 0 aromatic heterocycles. The van der Waals surface area contributed by atoms with Crippen LogP contribution in [0.3, 0.4) is 0 Å². The predicted molar refractivity (Wildman–Crippen MR) is 20.0 cm³/mol. The van der Waals surface area contributed by atoms with Gasteiger partial charge in [0.2, 0.25) is 0 Å². The molecule has 0 saturated heterocycles. The summed E-state index contributed by atoms with van der Waals surface area (Å²) in [4.78, 5) is 8.36. The molecule has 0 bridgehead atoms. The summed E-state index contributed by atoms with van der Waals surface area (Å²) in [5, 5.41) is 14.2. The van der Waals surface area contributed by atoms with Crippen molar-refractivity contribution < 1.29 is 9.90 Å². The molecule has 3 heteroatoms. The Morgan fingerprint density at radius 3 is 2.00 bits per heavy atom. The lowest BCUT2D eigenvalue weighted by Crippen LogP contribution is -1.49. The van der Waals surface area contributed by atoms with E-state index in [1.54, 1.807) is 6.07 Å². The molecular formula is C3H5NO2. The summed E-state index contributed by atoms with van der Waals surface area (Å²) in [6.07, 6.45) is 0. The lowest BCUT2D eigenvalue weighted by molar-refractivity contribution is -0.122. The van der Waals surface area contributed by atoms with Gasteiger partial charge in [-0.2, -0.15) is 5.26 Å². The minimum Gasteiger partial charge on any atom is -0.483 e. The number of nitriles is 1. The third-order valence-electron chi connectivity index (χ3n) is 0. The minimum absolute atomic E-state index is 0.250. The molecule has 0 aliphatic carbocycles. The van der Waals surface area contributed by atoms with Crippen LogP contribution in [0.15, 0.2) is 0 Å². The lowest BCUT2D eigenvalue weighted by Gasteiger charge is -1.34. The Labute approximate surface area is 35.8 Å². The summed E-state index contributed by atoms with van der Waals surface area (Å²) < 4.78 is 0. The van der Waals surface area contributed by atoms with Crippen molar-refractivity contribution in [2.45, 2.75) is 6.92 Å². The fourth-order valence-corrected chi connectivity index (χ4v) is 0. The van der Waals surface area contributed by atoms with Crippen LogP contribution in [0, 0.1) is 11.3 Å². The zero-order valence-electron chi connectivity index (χ0n) is 3.38. The zero-order valence-corrected chi connectivity index (χ0v) is 3.38. The molecule has 0 atom stereocenters. The molecule has 0 radical (unpaired) electrons. The van der Waals surface area contributed by atoms with Crippen LogP contribution in [0.2, 0.25) is 0 Å². The zero-order chi connectivity index (χ0) is 5.41. The maximum absolute atomic E-state index is 8.36. The number of hydrogen-bond donors (Lipinski definition) is 1. The van der Waals surface area contributed by atoms with E-state index < -0.39 is 0 Å². The molecule has 34 valence electrons. The number of hydrogen-bond acceptors (Lipinski definition) is 2. The second kappa shape index (κ2) is 37.6. The SMILES string of the molecule is CC#N.O=CO.